The Morgan fingerprint density at radius 1 is 1.14 bits per heavy atom. The van der Waals surface area contributed by atoms with Crippen molar-refractivity contribution in [1.29, 1.82) is 0 Å². The summed E-state index contributed by atoms with van der Waals surface area (Å²) in [6, 6.07) is 2.85. The molecule has 11 heteroatoms. The summed E-state index contributed by atoms with van der Waals surface area (Å²) in [4.78, 5) is 10.6. The highest BCUT2D eigenvalue weighted by molar-refractivity contribution is 7.91. The van der Waals surface area contributed by atoms with E-state index in [4.69, 9.17) is 0 Å². The SMILES string of the molecule is O=C(NCCC(F)(F)F)Nc1ccc(S(=O)(=O)C(F)F)cc1. The normalized spacial score (nSPS) is 12.3. The number of carbonyl (C=O) groups excluding carboxylic acids is 1. The number of halogens is 5. The predicted octanol–water partition coefficient (Wildman–Crippen LogP) is 2.76. The van der Waals surface area contributed by atoms with E-state index < -0.39 is 45.7 Å². The summed E-state index contributed by atoms with van der Waals surface area (Å²) in [5.41, 5.74) is 0.0396. The summed E-state index contributed by atoms with van der Waals surface area (Å²) in [6.07, 6.45) is -5.61. The zero-order valence-corrected chi connectivity index (χ0v) is 11.6. The summed E-state index contributed by atoms with van der Waals surface area (Å²) in [6.45, 7) is -0.632. The molecule has 2 N–H and O–H groups in total. The van der Waals surface area contributed by atoms with Crippen LogP contribution in [0, 0.1) is 0 Å². The minimum atomic E-state index is -4.74. The number of rotatable bonds is 5. The molecule has 0 bridgehead atoms. The maximum absolute atomic E-state index is 12.3. The number of nitrogens with one attached hydrogen (secondary N) is 2. The molecule has 0 radical (unpaired) electrons. The molecule has 0 aliphatic carbocycles. The van der Waals surface area contributed by atoms with Gasteiger partial charge in [0.15, 0.2) is 0 Å². The molecular weight excluding hydrogens is 335 g/mol. The fourth-order valence-corrected chi connectivity index (χ4v) is 2.05. The van der Waals surface area contributed by atoms with Crippen molar-refractivity contribution in [3.8, 4) is 0 Å². The number of hydrogen-bond acceptors (Lipinski definition) is 3. The van der Waals surface area contributed by atoms with Crippen LogP contribution in [0.15, 0.2) is 29.2 Å². The number of carbonyl (C=O) groups is 1. The van der Waals surface area contributed by atoms with Gasteiger partial charge in [-0.05, 0) is 24.3 Å². The Morgan fingerprint density at radius 3 is 2.14 bits per heavy atom. The zero-order chi connectivity index (χ0) is 17.0. The minimum Gasteiger partial charge on any atom is -0.338 e. The Bertz CT molecular complexity index is 614. The highest BCUT2D eigenvalue weighted by atomic mass is 32.2. The van der Waals surface area contributed by atoms with Gasteiger partial charge in [-0.1, -0.05) is 0 Å². The first kappa shape index (κ1) is 18.1. The summed E-state index contributed by atoms with van der Waals surface area (Å²) in [5, 5.41) is 4.08. The second-order valence-corrected chi connectivity index (χ2v) is 5.99. The van der Waals surface area contributed by atoms with Gasteiger partial charge in [0.2, 0.25) is 9.84 Å². The van der Waals surface area contributed by atoms with Gasteiger partial charge in [0.05, 0.1) is 11.3 Å². The van der Waals surface area contributed by atoms with Crippen LogP contribution >= 0.6 is 0 Å². The number of alkyl halides is 5. The van der Waals surface area contributed by atoms with Crippen molar-refractivity contribution in [3.63, 3.8) is 0 Å². The highest BCUT2D eigenvalue weighted by Gasteiger charge is 2.27. The molecule has 1 rings (SSSR count). The molecule has 22 heavy (non-hydrogen) atoms. The maximum atomic E-state index is 12.3. The largest absolute Gasteiger partial charge is 0.390 e. The van der Waals surface area contributed by atoms with Gasteiger partial charge < -0.3 is 10.6 Å². The molecule has 1 aromatic rings. The minimum absolute atomic E-state index is 0.0396. The van der Waals surface area contributed by atoms with Crippen LogP contribution in [0.5, 0.6) is 0 Å². The van der Waals surface area contributed by atoms with Gasteiger partial charge in [-0.2, -0.15) is 22.0 Å². The third kappa shape index (κ3) is 5.47. The van der Waals surface area contributed by atoms with Crippen LogP contribution in [0.1, 0.15) is 6.42 Å². The van der Waals surface area contributed by atoms with Crippen molar-refractivity contribution in [2.75, 3.05) is 11.9 Å². The van der Waals surface area contributed by atoms with Crippen molar-refractivity contribution in [1.82, 2.24) is 5.32 Å². The van der Waals surface area contributed by atoms with Crippen molar-refractivity contribution < 1.29 is 35.2 Å². The number of sulfone groups is 1. The topological polar surface area (TPSA) is 75.3 Å². The first-order valence-corrected chi connectivity index (χ1v) is 7.31. The Morgan fingerprint density at radius 2 is 1.68 bits per heavy atom. The van der Waals surface area contributed by atoms with E-state index in [9.17, 15) is 35.2 Å². The van der Waals surface area contributed by atoms with E-state index in [0.717, 1.165) is 24.3 Å². The van der Waals surface area contributed by atoms with Gasteiger partial charge in [0.25, 0.3) is 0 Å². The van der Waals surface area contributed by atoms with Gasteiger partial charge in [-0.25, -0.2) is 13.2 Å². The van der Waals surface area contributed by atoms with Gasteiger partial charge in [0, 0.05) is 12.2 Å². The highest BCUT2D eigenvalue weighted by Crippen LogP contribution is 2.20. The molecule has 0 unspecified atom stereocenters. The third-order valence-corrected chi connectivity index (χ3v) is 3.77. The number of urea groups is 1. The fourth-order valence-electron chi connectivity index (χ4n) is 1.32. The second kappa shape index (κ2) is 6.90. The van der Waals surface area contributed by atoms with Crippen molar-refractivity contribution >= 4 is 21.6 Å². The van der Waals surface area contributed by atoms with E-state index in [1.165, 1.54) is 0 Å². The second-order valence-electron chi connectivity index (χ2n) is 4.08. The quantitative estimate of drug-likeness (QED) is 0.805. The van der Waals surface area contributed by atoms with Crippen LogP contribution in [0.2, 0.25) is 0 Å². The van der Waals surface area contributed by atoms with Gasteiger partial charge in [0.1, 0.15) is 0 Å². The number of amides is 2. The van der Waals surface area contributed by atoms with Crippen LogP contribution in [-0.2, 0) is 9.84 Å². The molecule has 5 nitrogen and oxygen atoms in total. The van der Waals surface area contributed by atoms with E-state index in [1.54, 1.807) is 0 Å². The molecule has 0 aliphatic rings. The lowest BCUT2D eigenvalue weighted by atomic mass is 10.3. The molecule has 1 aromatic carbocycles. The van der Waals surface area contributed by atoms with E-state index in [0.29, 0.717) is 0 Å². The monoisotopic (exact) mass is 346 g/mol. The van der Waals surface area contributed by atoms with E-state index in [2.05, 4.69) is 5.32 Å². The van der Waals surface area contributed by atoms with Crippen molar-refractivity contribution in [2.45, 2.75) is 23.3 Å². The van der Waals surface area contributed by atoms with Crippen LogP contribution in [0.25, 0.3) is 0 Å². The Balaban J connectivity index is 2.60. The summed E-state index contributed by atoms with van der Waals surface area (Å²) in [5.74, 6) is -3.57. The molecule has 0 fully saturated rings. The lowest BCUT2D eigenvalue weighted by Crippen LogP contribution is -2.31. The lowest BCUT2D eigenvalue weighted by Gasteiger charge is -2.10. The smallest absolute Gasteiger partial charge is 0.338 e. The van der Waals surface area contributed by atoms with Crippen molar-refractivity contribution in [3.05, 3.63) is 24.3 Å². The molecule has 0 aromatic heterocycles. The standard InChI is InChI=1S/C11H11F5N2O3S/c12-9(13)22(20,21)8-3-1-7(2-4-8)18-10(19)17-6-5-11(14,15)16/h1-4,9H,5-6H2,(H2,17,18,19). The fraction of sp³-hybridized carbons (Fsp3) is 0.364. The predicted molar refractivity (Wildman–Crippen MR) is 67.3 cm³/mol. The molecule has 2 amide bonds. The Kier molecular flexibility index (Phi) is 5.69. The summed E-state index contributed by atoms with van der Waals surface area (Å²) in [7, 11) is -4.74. The molecule has 0 atom stereocenters. The van der Waals surface area contributed by atoms with E-state index >= 15 is 0 Å². The van der Waals surface area contributed by atoms with Gasteiger partial charge >= 0.3 is 18.0 Å². The van der Waals surface area contributed by atoms with Crippen LogP contribution < -0.4 is 10.6 Å². The van der Waals surface area contributed by atoms with Gasteiger partial charge in [-0.3, -0.25) is 0 Å². The third-order valence-electron chi connectivity index (χ3n) is 2.37. The number of hydrogen-bond donors (Lipinski definition) is 2. The first-order chi connectivity index (χ1) is 10.0. The molecule has 0 saturated heterocycles. The molecule has 124 valence electrons. The molecular formula is C11H11F5N2O3S. The van der Waals surface area contributed by atoms with Gasteiger partial charge in [-0.15, -0.1) is 0 Å². The molecule has 0 spiro atoms. The number of benzene rings is 1. The van der Waals surface area contributed by atoms with E-state index in [-0.39, 0.29) is 5.69 Å². The molecule has 0 heterocycles. The lowest BCUT2D eigenvalue weighted by molar-refractivity contribution is -0.132. The summed E-state index contributed by atoms with van der Waals surface area (Å²) < 4.78 is 82.5. The summed E-state index contributed by atoms with van der Waals surface area (Å²) >= 11 is 0. The van der Waals surface area contributed by atoms with E-state index in [1.807, 2.05) is 5.32 Å². The van der Waals surface area contributed by atoms with Crippen LogP contribution in [0.4, 0.5) is 32.4 Å². The Hall–Kier alpha value is -1.91. The Labute approximate surface area is 122 Å². The number of anilines is 1. The average molecular weight is 346 g/mol. The first-order valence-electron chi connectivity index (χ1n) is 5.76. The molecule has 0 aliphatic heterocycles. The van der Waals surface area contributed by atoms with Crippen LogP contribution in [0.3, 0.4) is 0 Å². The molecule has 0 saturated carbocycles. The van der Waals surface area contributed by atoms with Crippen LogP contribution in [-0.4, -0.2) is 32.9 Å². The van der Waals surface area contributed by atoms with Crippen molar-refractivity contribution in [2.24, 2.45) is 0 Å². The maximum Gasteiger partial charge on any atom is 0.390 e. The zero-order valence-electron chi connectivity index (χ0n) is 10.8. The average Bonchev–Trinajstić information content (AvgIpc) is 2.37.